The van der Waals surface area contributed by atoms with Crippen LogP contribution in [0, 0.1) is 0 Å². The zero-order chi connectivity index (χ0) is 9.72. The second-order valence-corrected chi connectivity index (χ2v) is 2.30. The molecule has 68 valence electrons. The van der Waals surface area contributed by atoms with Crippen molar-refractivity contribution in [1.29, 1.82) is 0 Å². The smallest absolute Gasteiger partial charge is 0.307 e. The van der Waals surface area contributed by atoms with Crippen molar-refractivity contribution in [2.75, 3.05) is 0 Å². The highest BCUT2D eigenvalue weighted by atomic mass is 16.6. The largest absolute Gasteiger partial charge is 0.428 e. The number of carbonyl (C=O) groups excluding carboxylic acids is 2. The predicted octanol–water partition coefficient (Wildman–Crippen LogP) is 1.36. The number of allylic oxidation sites excluding steroid dienone is 2. The molecule has 0 aromatic heterocycles. The van der Waals surface area contributed by atoms with E-state index in [4.69, 9.17) is 0 Å². The number of hydrogen-bond acceptors (Lipinski definition) is 4. The van der Waals surface area contributed by atoms with Crippen molar-refractivity contribution in [2.45, 2.75) is 27.7 Å². The minimum atomic E-state index is -0.431. The molecule has 4 heteroatoms. The van der Waals surface area contributed by atoms with Crippen molar-refractivity contribution in [3.63, 3.8) is 0 Å². The SMILES string of the molecule is CC(=O)O/C(C)=C(/C)OC(C)=O. The zero-order valence-corrected chi connectivity index (χ0v) is 7.63. The fourth-order valence-corrected chi connectivity index (χ4v) is 0.575. The van der Waals surface area contributed by atoms with Gasteiger partial charge < -0.3 is 9.47 Å². The Balaban J connectivity index is 4.25. The molecule has 0 amide bonds. The van der Waals surface area contributed by atoms with Crippen LogP contribution in [-0.4, -0.2) is 11.9 Å². The van der Waals surface area contributed by atoms with Crippen molar-refractivity contribution in [3.8, 4) is 0 Å². The molecule has 0 aliphatic carbocycles. The number of ether oxygens (including phenoxy) is 2. The van der Waals surface area contributed by atoms with Gasteiger partial charge >= 0.3 is 11.9 Å². The average molecular weight is 172 g/mol. The second kappa shape index (κ2) is 4.54. The van der Waals surface area contributed by atoms with Gasteiger partial charge in [-0.05, 0) is 13.8 Å². The molecule has 0 aromatic rings. The van der Waals surface area contributed by atoms with Crippen LogP contribution in [0.1, 0.15) is 27.7 Å². The molecule has 0 fully saturated rings. The van der Waals surface area contributed by atoms with Gasteiger partial charge in [0, 0.05) is 13.8 Å². The van der Waals surface area contributed by atoms with Gasteiger partial charge in [-0.3, -0.25) is 9.59 Å². The average Bonchev–Trinajstić information content (AvgIpc) is 1.84. The maximum atomic E-state index is 10.4. The second-order valence-electron chi connectivity index (χ2n) is 2.30. The Kier molecular flexibility index (Phi) is 4.04. The van der Waals surface area contributed by atoms with Crippen LogP contribution in [-0.2, 0) is 19.1 Å². The van der Waals surface area contributed by atoms with Crippen LogP contribution in [0.4, 0.5) is 0 Å². The maximum absolute atomic E-state index is 10.4. The molecule has 0 aliphatic heterocycles. The van der Waals surface area contributed by atoms with E-state index in [2.05, 4.69) is 9.47 Å². The summed E-state index contributed by atoms with van der Waals surface area (Å²) in [6.45, 7) is 5.68. The molecule has 12 heavy (non-hydrogen) atoms. The standard InChI is InChI=1S/C8H12O4/c1-5(11-7(3)9)6(2)12-8(4)10/h1-4H3/b6-5-. The topological polar surface area (TPSA) is 52.6 Å². The van der Waals surface area contributed by atoms with Gasteiger partial charge in [-0.2, -0.15) is 0 Å². The third-order valence-corrected chi connectivity index (χ3v) is 1.09. The lowest BCUT2D eigenvalue weighted by atomic mass is 10.4. The van der Waals surface area contributed by atoms with Crippen LogP contribution in [0.3, 0.4) is 0 Å². The van der Waals surface area contributed by atoms with Gasteiger partial charge in [-0.15, -0.1) is 0 Å². The number of rotatable bonds is 2. The molecule has 0 aliphatic rings. The summed E-state index contributed by atoms with van der Waals surface area (Å²) in [6.07, 6.45) is 0. The normalized spacial score (nSPS) is 11.7. The molecular formula is C8H12O4. The van der Waals surface area contributed by atoms with E-state index in [-0.39, 0.29) is 0 Å². The van der Waals surface area contributed by atoms with E-state index in [9.17, 15) is 9.59 Å². The molecule has 0 N–H and O–H groups in total. The lowest BCUT2D eigenvalue weighted by Crippen LogP contribution is -2.03. The lowest BCUT2D eigenvalue weighted by Gasteiger charge is -2.05. The van der Waals surface area contributed by atoms with Crippen molar-refractivity contribution in [2.24, 2.45) is 0 Å². The molecular weight excluding hydrogens is 160 g/mol. The predicted molar refractivity (Wildman–Crippen MR) is 41.9 cm³/mol. The van der Waals surface area contributed by atoms with Crippen LogP contribution in [0.2, 0.25) is 0 Å². The number of hydrogen-bond donors (Lipinski definition) is 0. The molecule has 0 radical (unpaired) electrons. The van der Waals surface area contributed by atoms with Crippen molar-refractivity contribution >= 4 is 11.9 Å². The Morgan fingerprint density at radius 2 is 1.00 bits per heavy atom. The molecule has 0 unspecified atom stereocenters. The van der Waals surface area contributed by atoms with Crippen LogP contribution in [0.25, 0.3) is 0 Å². The van der Waals surface area contributed by atoms with E-state index < -0.39 is 11.9 Å². The first-order valence-corrected chi connectivity index (χ1v) is 3.47. The maximum Gasteiger partial charge on any atom is 0.307 e. The van der Waals surface area contributed by atoms with Gasteiger partial charge in [0.2, 0.25) is 0 Å². The molecule has 4 nitrogen and oxygen atoms in total. The van der Waals surface area contributed by atoms with Crippen LogP contribution in [0.5, 0.6) is 0 Å². The molecule has 0 bridgehead atoms. The third-order valence-electron chi connectivity index (χ3n) is 1.09. The van der Waals surface area contributed by atoms with E-state index in [0.717, 1.165) is 0 Å². The van der Waals surface area contributed by atoms with E-state index in [1.165, 1.54) is 13.8 Å². The molecule has 0 saturated heterocycles. The Hall–Kier alpha value is -1.32. The minimum absolute atomic E-state index is 0.303. The summed E-state index contributed by atoms with van der Waals surface area (Å²) in [4.78, 5) is 20.9. The number of esters is 2. The fourth-order valence-electron chi connectivity index (χ4n) is 0.575. The first-order valence-electron chi connectivity index (χ1n) is 3.47. The van der Waals surface area contributed by atoms with Crippen molar-refractivity contribution < 1.29 is 19.1 Å². The quantitative estimate of drug-likeness (QED) is 0.466. The van der Waals surface area contributed by atoms with Gasteiger partial charge in [0.25, 0.3) is 0 Å². The Labute approximate surface area is 71.2 Å². The molecule has 0 atom stereocenters. The Morgan fingerprint density at radius 3 is 1.17 bits per heavy atom. The van der Waals surface area contributed by atoms with Gasteiger partial charge in [0.15, 0.2) is 0 Å². The molecule has 0 spiro atoms. The Bertz CT molecular complexity index is 203. The Morgan fingerprint density at radius 1 is 0.750 bits per heavy atom. The fraction of sp³-hybridized carbons (Fsp3) is 0.500. The van der Waals surface area contributed by atoms with E-state index in [1.54, 1.807) is 13.8 Å². The molecule has 0 aromatic carbocycles. The highest BCUT2D eigenvalue weighted by Crippen LogP contribution is 2.06. The van der Waals surface area contributed by atoms with E-state index >= 15 is 0 Å². The van der Waals surface area contributed by atoms with Crippen molar-refractivity contribution in [3.05, 3.63) is 11.5 Å². The van der Waals surface area contributed by atoms with Gasteiger partial charge in [0.05, 0.1) is 0 Å². The first-order chi connectivity index (χ1) is 5.43. The first kappa shape index (κ1) is 10.7. The van der Waals surface area contributed by atoms with Crippen LogP contribution in [0.15, 0.2) is 11.5 Å². The third kappa shape index (κ3) is 4.49. The van der Waals surface area contributed by atoms with Gasteiger partial charge in [-0.25, -0.2) is 0 Å². The van der Waals surface area contributed by atoms with E-state index in [0.29, 0.717) is 11.5 Å². The monoisotopic (exact) mass is 172 g/mol. The minimum Gasteiger partial charge on any atom is -0.428 e. The summed E-state index contributed by atoms with van der Waals surface area (Å²) < 4.78 is 9.35. The summed E-state index contributed by atoms with van der Waals surface area (Å²) in [6, 6.07) is 0. The molecule has 0 saturated carbocycles. The summed E-state index contributed by atoms with van der Waals surface area (Å²) in [7, 11) is 0. The van der Waals surface area contributed by atoms with Crippen LogP contribution < -0.4 is 0 Å². The zero-order valence-electron chi connectivity index (χ0n) is 7.63. The van der Waals surface area contributed by atoms with Crippen LogP contribution >= 0.6 is 0 Å². The van der Waals surface area contributed by atoms with Gasteiger partial charge in [0.1, 0.15) is 11.5 Å². The number of carbonyl (C=O) groups is 2. The van der Waals surface area contributed by atoms with Crippen molar-refractivity contribution in [1.82, 2.24) is 0 Å². The van der Waals surface area contributed by atoms with E-state index in [1.807, 2.05) is 0 Å². The molecule has 0 heterocycles. The highest BCUT2D eigenvalue weighted by molar-refractivity contribution is 5.68. The summed E-state index contributed by atoms with van der Waals surface area (Å²) in [5, 5.41) is 0. The summed E-state index contributed by atoms with van der Waals surface area (Å²) in [5.74, 6) is -0.256. The molecule has 0 rings (SSSR count). The summed E-state index contributed by atoms with van der Waals surface area (Å²) >= 11 is 0. The highest BCUT2D eigenvalue weighted by Gasteiger charge is 2.04. The lowest BCUT2D eigenvalue weighted by molar-refractivity contribution is -0.140. The van der Waals surface area contributed by atoms with Gasteiger partial charge in [-0.1, -0.05) is 0 Å². The summed E-state index contributed by atoms with van der Waals surface area (Å²) in [5.41, 5.74) is 0.